The number of benzene rings is 2. The molecule has 0 aliphatic heterocycles. The highest BCUT2D eigenvalue weighted by Gasteiger charge is 2.11. The fourth-order valence-electron chi connectivity index (χ4n) is 2.04. The number of halogens is 2. The Balaban J connectivity index is 2.02. The summed E-state index contributed by atoms with van der Waals surface area (Å²) in [5.41, 5.74) is 8.74. The molecule has 0 radical (unpaired) electrons. The van der Waals surface area contributed by atoms with Crippen molar-refractivity contribution >= 4 is 44.8 Å². The molecule has 2 rings (SSSR count). The molecule has 0 fully saturated rings. The second-order valence-corrected chi connectivity index (χ2v) is 6.23. The number of carbonyl (C=O) groups excluding carboxylic acids is 1. The minimum Gasteiger partial charge on any atom is -0.482 e. The van der Waals surface area contributed by atoms with Crippen molar-refractivity contribution in [1.82, 2.24) is 0 Å². The average molecular weight is 384 g/mol. The highest BCUT2D eigenvalue weighted by atomic mass is 79.9. The van der Waals surface area contributed by atoms with Gasteiger partial charge in [0.15, 0.2) is 6.61 Å². The van der Waals surface area contributed by atoms with E-state index >= 15 is 0 Å². The molecule has 0 spiro atoms. The van der Waals surface area contributed by atoms with E-state index in [0.29, 0.717) is 22.1 Å². The minimum absolute atomic E-state index is 0.108. The lowest BCUT2D eigenvalue weighted by atomic mass is 10.1. The Morgan fingerprint density at radius 1 is 1.32 bits per heavy atom. The topological polar surface area (TPSA) is 64.3 Å². The van der Waals surface area contributed by atoms with Crippen molar-refractivity contribution < 1.29 is 9.53 Å². The molecule has 22 heavy (non-hydrogen) atoms. The van der Waals surface area contributed by atoms with Crippen LogP contribution in [0.15, 0.2) is 34.8 Å². The number of amides is 1. The Bertz CT molecular complexity index is 696. The number of nitrogens with two attached hydrogens (primary N) is 1. The van der Waals surface area contributed by atoms with Crippen LogP contribution in [0.2, 0.25) is 5.02 Å². The number of rotatable bonds is 4. The largest absolute Gasteiger partial charge is 0.482 e. The Morgan fingerprint density at radius 2 is 2.05 bits per heavy atom. The first-order valence-electron chi connectivity index (χ1n) is 6.61. The number of nitrogens with one attached hydrogen (secondary N) is 1. The molecule has 6 heteroatoms. The zero-order valence-corrected chi connectivity index (χ0v) is 14.6. The molecule has 0 aliphatic rings. The van der Waals surface area contributed by atoms with Gasteiger partial charge in [0.05, 0.1) is 15.2 Å². The highest BCUT2D eigenvalue weighted by Crippen LogP contribution is 2.30. The first kappa shape index (κ1) is 16.6. The molecule has 1 amide bonds. The first-order valence-corrected chi connectivity index (χ1v) is 7.78. The summed E-state index contributed by atoms with van der Waals surface area (Å²) >= 11 is 9.46. The summed E-state index contributed by atoms with van der Waals surface area (Å²) in [6, 6.07) is 8.84. The highest BCUT2D eigenvalue weighted by molar-refractivity contribution is 9.10. The van der Waals surface area contributed by atoms with Crippen molar-refractivity contribution in [2.24, 2.45) is 0 Å². The molecule has 0 atom stereocenters. The minimum atomic E-state index is -0.293. The lowest BCUT2D eigenvalue weighted by Gasteiger charge is -2.13. The molecule has 3 N–H and O–H groups in total. The Labute approximate surface area is 142 Å². The number of ether oxygens (including phenoxy) is 1. The van der Waals surface area contributed by atoms with Gasteiger partial charge in [-0.15, -0.1) is 0 Å². The molecule has 0 saturated heterocycles. The van der Waals surface area contributed by atoms with E-state index in [-0.39, 0.29) is 12.5 Å². The molecule has 4 nitrogen and oxygen atoms in total. The molecule has 0 heterocycles. The van der Waals surface area contributed by atoms with Crippen molar-refractivity contribution in [3.63, 3.8) is 0 Å². The third-order valence-corrected chi connectivity index (χ3v) is 3.89. The fourth-order valence-corrected chi connectivity index (χ4v) is 3.07. The van der Waals surface area contributed by atoms with Crippen LogP contribution in [0.3, 0.4) is 0 Å². The van der Waals surface area contributed by atoms with Crippen molar-refractivity contribution in [2.45, 2.75) is 13.8 Å². The number of nitrogen functional groups attached to an aromatic ring is 1. The van der Waals surface area contributed by atoms with Crippen molar-refractivity contribution in [2.75, 3.05) is 17.7 Å². The predicted molar refractivity (Wildman–Crippen MR) is 93.6 cm³/mol. The van der Waals surface area contributed by atoms with Crippen LogP contribution >= 0.6 is 27.5 Å². The zero-order valence-electron chi connectivity index (χ0n) is 12.2. The summed E-state index contributed by atoms with van der Waals surface area (Å²) in [6.07, 6.45) is 0. The van der Waals surface area contributed by atoms with E-state index in [9.17, 15) is 4.79 Å². The number of anilines is 2. The van der Waals surface area contributed by atoms with E-state index < -0.39 is 0 Å². The monoisotopic (exact) mass is 382 g/mol. The standard InChI is InChI=1S/C16H16BrClN2O2/c1-9-5-10(2)16(12(17)6-9)22-8-15(21)20-14-4-3-11(19)7-13(14)18/h3-7H,8,19H2,1-2H3,(H,20,21). The van der Waals surface area contributed by atoms with Gasteiger partial charge in [-0.05, 0) is 65.2 Å². The maximum absolute atomic E-state index is 12.0. The molecule has 116 valence electrons. The van der Waals surface area contributed by atoms with Gasteiger partial charge in [0, 0.05) is 5.69 Å². The molecule has 0 unspecified atom stereocenters. The van der Waals surface area contributed by atoms with Gasteiger partial charge in [-0.2, -0.15) is 0 Å². The van der Waals surface area contributed by atoms with Gasteiger partial charge in [0.1, 0.15) is 5.75 Å². The van der Waals surface area contributed by atoms with Gasteiger partial charge in [-0.25, -0.2) is 0 Å². The summed E-state index contributed by atoms with van der Waals surface area (Å²) in [4.78, 5) is 12.0. The zero-order chi connectivity index (χ0) is 16.3. The Hall–Kier alpha value is -1.72. The Kier molecular flexibility index (Phi) is 5.32. The molecule has 0 aliphatic carbocycles. The summed E-state index contributed by atoms with van der Waals surface area (Å²) in [5, 5.41) is 3.08. The van der Waals surface area contributed by atoms with Gasteiger partial charge in [-0.3, -0.25) is 4.79 Å². The van der Waals surface area contributed by atoms with E-state index in [2.05, 4.69) is 21.2 Å². The summed E-state index contributed by atoms with van der Waals surface area (Å²) in [5.74, 6) is 0.364. The van der Waals surface area contributed by atoms with Gasteiger partial charge in [0.25, 0.3) is 5.91 Å². The molecule has 2 aromatic carbocycles. The van der Waals surface area contributed by atoms with Crippen LogP contribution in [0.25, 0.3) is 0 Å². The lowest BCUT2D eigenvalue weighted by molar-refractivity contribution is -0.118. The predicted octanol–water partition coefficient (Wildman–Crippen LogP) is 4.32. The normalized spacial score (nSPS) is 10.4. The molecular formula is C16H16BrClN2O2. The second kappa shape index (κ2) is 7.03. The fraction of sp³-hybridized carbons (Fsp3) is 0.188. The quantitative estimate of drug-likeness (QED) is 0.773. The van der Waals surface area contributed by atoms with Gasteiger partial charge in [0.2, 0.25) is 0 Å². The van der Waals surface area contributed by atoms with E-state index in [1.165, 1.54) is 0 Å². The van der Waals surface area contributed by atoms with Crippen molar-refractivity contribution in [3.8, 4) is 5.75 Å². The maximum Gasteiger partial charge on any atom is 0.262 e. The SMILES string of the molecule is Cc1cc(C)c(OCC(=O)Nc2ccc(N)cc2Cl)c(Br)c1. The molecule has 0 saturated carbocycles. The van der Waals surface area contributed by atoms with Crippen molar-refractivity contribution in [3.05, 3.63) is 51.0 Å². The molecule has 0 aromatic heterocycles. The summed E-state index contributed by atoms with van der Waals surface area (Å²) in [7, 11) is 0. The average Bonchev–Trinajstić information content (AvgIpc) is 2.40. The maximum atomic E-state index is 12.0. The van der Waals surface area contributed by atoms with Crippen LogP contribution in [0.4, 0.5) is 11.4 Å². The van der Waals surface area contributed by atoms with Crippen LogP contribution in [-0.4, -0.2) is 12.5 Å². The van der Waals surface area contributed by atoms with E-state index in [4.69, 9.17) is 22.1 Å². The van der Waals surface area contributed by atoms with Gasteiger partial charge >= 0.3 is 0 Å². The smallest absolute Gasteiger partial charge is 0.262 e. The van der Waals surface area contributed by atoms with Crippen LogP contribution in [0.5, 0.6) is 5.75 Å². The van der Waals surface area contributed by atoms with Crippen LogP contribution in [0.1, 0.15) is 11.1 Å². The van der Waals surface area contributed by atoms with Crippen LogP contribution in [-0.2, 0) is 4.79 Å². The first-order chi connectivity index (χ1) is 10.4. The van der Waals surface area contributed by atoms with Crippen molar-refractivity contribution in [1.29, 1.82) is 0 Å². The van der Waals surface area contributed by atoms with E-state index in [1.807, 2.05) is 26.0 Å². The molecular weight excluding hydrogens is 368 g/mol. The van der Waals surface area contributed by atoms with Crippen LogP contribution < -0.4 is 15.8 Å². The summed E-state index contributed by atoms with van der Waals surface area (Å²) in [6.45, 7) is 3.82. The van der Waals surface area contributed by atoms with E-state index in [1.54, 1.807) is 18.2 Å². The third kappa shape index (κ3) is 4.15. The molecule has 2 aromatic rings. The number of hydrogen-bond donors (Lipinski definition) is 2. The van der Waals surface area contributed by atoms with Gasteiger partial charge < -0.3 is 15.8 Å². The second-order valence-electron chi connectivity index (χ2n) is 4.97. The number of carbonyl (C=O) groups is 1. The lowest BCUT2D eigenvalue weighted by Crippen LogP contribution is -2.20. The Morgan fingerprint density at radius 3 is 2.68 bits per heavy atom. The number of hydrogen-bond acceptors (Lipinski definition) is 3. The third-order valence-electron chi connectivity index (χ3n) is 2.99. The van der Waals surface area contributed by atoms with E-state index in [0.717, 1.165) is 15.6 Å². The van der Waals surface area contributed by atoms with Gasteiger partial charge in [-0.1, -0.05) is 17.7 Å². The number of aryl methyl sites for hydroxylation is 2. The molecule has 0 bridgehead atoms. The van der Waals surface area contributed by atoms with Crippen LogP contribution in [0, 0.1) is 13.8 Å². The summed E-state index contributed by atoms with van der Waals surface area (Å²) < 4.78 is 6.42.